The molecule has 3 rings (SSSR count). The van der Waals surface area contributed by atoms with Crippen LogP contribution in [0.2, 0.25) is 0 Å². The minimum atomic E-state index is -4.08. The SMILES string of the molecule is COc1ccc(C(=O)[O-])cc1S(=O)(=O)N(Cc1ccccc1)Cc1ccccc1. The summed E-state index contributed by atoms with van der Waals surface area (Å²) < 4.78 is 33.6. The van der Waals surface area contributed by atoms with Crippen molar-refractivity contribution in [3.63, 3.8) is 0 Å². The Hall–Kier alpha value is -3.16. The number of hydrogen-bond donors (Lipinski definition) is 0. The molecule has 0 saturated carbocycles. The normalized spacial score (nSPS) is 11.4. The van der Waals surface area contributed by atoms with Crippen molar-refractivity contribution in [3.05, 3.63) is 95.6 Å². The van der Waals surface area contributed by atoms with Crippen molar-refractivity contribution in [1.29, 1.82) is 0 Å². The van der Waals surface area contributed by atoms with Crippen LogP contribution >= 0.6 is 0 Å². The number of hydrogen-bond acceptors (Lipinski definition) is 5. The predicted octanol–water partition coefficient (Wildman–Crippen LogP) is 2.45. The van der Waals surface area contributed by atoms with Gasteiger partial charge in [0.25, 0.3) is 0 Å². The largest absolute Gasteiger partial charge is 0.545 e. The zero-order valence-electron chi connectivity index (χ0n) is 15.8. The molecule has 0 aliphatic carbocycles. The maximum atomic E-state index is 13.5. The molecule has 0 bridgehead atoms. The van der Waals surface area contributed by atoms with Crippen LogP contribution < -0.4 is 9.84 Å². The average Bonchev–Trinajstić information content (AvgIpc) is 2.74. The topological polar surface area (TPSA) is 86.7 Å². The molecule has 7 heteroatoms. The van der Waals surface area contributed by atoms with Crippen LogP contribution in [0, 0.1) is 0 Å². The van der Waals surface area contributed by atoms with Crippen molar-refractivity contribution in [2.24, 2.45) is 0 Å². The van der Waals surface area contributed by atoms with Crippen LogP contribution in [0.3, 0.4) is 0 Å². The molecule has 0 atom stereocenters. The molecule has 0 N–H and O–H groups in total. The van der Waals surface area contributed by atoms with Crippen LogP contribution in [0.15, 0.2) is 83.8 Å². The number of sulfonamides is 1. The molecule has 0 aromatic heterocycles. The van der Waals surface area contributed by atoms with Gasteiger partial charge in [-0.1, -0.05) is 60.7 Å². The van der Waals surface area contributed by atoms with Crippen LogP contribution in [0.4, 0.5) is 0 Å². The van der Waals surface area contributed by atoms with Crippen LogP contribution in [0.5, 0.6) is 5.75 Å². The van der Waals surface area contributed by atoms with Crippen molar-refractivity contribution in [2.75, 3.05) is 7.11 Å². The summed E-state index contributed by atoms with van der Waals surface area (Å²) in [6.45, 7) is 0.244. The molecular weight excluding hydrogens is 390 g/mol. The molecule has 0 fully saturated rings. The minimum Gasteiger partial charge on any atom is -0.545 e. The Kier molecular flexibility index (Phi) is 6.31. The lowest BCUT2D eigenvalue weighted by Crippen LogP contribution is -2.31. The highest BCUT2D eigenvalue weighted by Crippen LogP contribution is 2.30. The lowest BCUT2D eigenvalue weighted by atomic mass is 10.2. The fourth-order valence-corrected chi connectivity index (χ4v) is 4.54. The van der Waals surface area contributed by atoms with Gasteiger partial charge >= 0.3 is 0 Å². The molecule has 0 spiro atoms. The van der Waals surface area contributed by atoms with Crippen molar-refractivity contribution >= 4 is 16.0 Å². The molecule has 3 aromatic carbocycles. The van der Waals surface area contributed by atoms with E-state index in [2.05, 4.69) is 0 Å². The number of aromatic carboxylic acids is 1. The summed E-state index contributed by atoms with van der Waals surface area (Å²) in [7, 11) is -2.74. The Morgan fingerprint density at radius 1 is 0.897 bits per heavy atom. The Morgan fingerprint density at radius 3 is 1.86 bits per heavy atom. The lowest BCUT2D eigenvalue weighted by molar-refractivity contribution is -0.255. The van der Waals surface area contributed by atoms with E-state index < -0.39 is 16.0 Å². The fraction of sp³-hybridized carbons (Fsp3) is 0.136. The predicted molar refractivity (Wildman–Crippen MR) is 107 cm³/mol. The Morgan fingerprint density at radius 2 is 1.41 bits per heavy atom. The molecule has 0 radical (unpaired) electrons. The quantitative estimate of drug-likeness (QED) is 0.569. The molecule has 6 nitrogen and oxygen atoms in total. The lowest BCUT2D eigenvalue weighted by Gasteiger charge is -2.24. The standard InChI is InChI=1S/C22H21NO5S/c1-28-20-13-12-19(22(24)25)14-21(20)29(26,27)23(15-17-8-4-2-5-9-17)16-18-10-6-3-7-11-18/h2-14H,15-16H2,1H3,(H,24,25)/p-1. The third-order valence-corrected chi connectivity index (χ3v) is 6.23. The van der Waals surface area contributed by atoms with E-state index in [1.807, 2.05) is 60.7 Å². The van der Waals surface area contributed by atoms with Gasteiger partial charge in [-0.15, -0.1) is 0 Å². The molecule has 0 saturated heterocycles. The first kappa shape index (κ1) is 20.6. The van der Waals surface area contributed by atoms with Gasteiger partial charge in [0.2, 0.25) is 10.0 Å². The number of carbonyl (C=O) groups excluding carboxylic acids is 1. The third kappa shape index (κ3) is 4.82. The van der Waals surface area contributed by atoms with Gasteiger partial charge < -0.3 is 14.6 Å². The number of carbonyl (C=O) groups is 1. The van der Waals surface area contributed by atoms with E-state index in [-0.39, 0.29) is 29.3 Å². The number of methoxy groups -OCH3 is 1. The highest BCUT2D eigenvalue weighted by atomic mass is 32.2. The second kappa shape index (κ2) is 8.89. The Labute approximate surface area is 170 Å². The molecule has 0 aliphatic heterocycles. The number of ether oxygens (including phenoxy) is 1. The molecule has 0 heterocycles. The van der Waals surface area contributed by atoms with E-state index >= 15 is 0 Å². The van der Waals surface area contributed by atoms with Gasteiger partial charge in [0.15, 0.2) is 0 Å². The van der Waals surface area contributed by atoms with Crippen LogP contribution in [0.1, 0.15) is 21.5 Å². The summed E-state index contributed by atoms with van der Waals surface area (Å²) in [6, 6.07) is 22.0. The Bertz CT molecular complexity index is 1040. The second-order valence-electron chi connectivity index (χ2n) is 6.40. The van der Waals surface area contributed by atoms with E-state index in [0.29, 0.717) is 0 Å². The van der Waals surface area contributed by atoms with Crippen LogP contribution in [-0.2, 0) is 23.1 Å². The summed E-state index contributed by atoms with van der Waals surface area (Å²) in [5.41, 5.74) is 1.38. The highest BCUT2D eigenvalue weighted by molar-refractivity contribution is 7.89. The molecule has 0 aliphatic rings. The minimum absolute atomic E-state index is 0.0705. The second-order valence-corrected chi connectivity index (χ2v) is 8.30. The third-order valence-electron chi connectivity index (χ3n) is 4.42. The van der Waals surface area contributed by atoms with Gasteiger partial charge in [-0.05, 0) is 34.9 Å². The number of carboxylic acid groups (broad SMARTS) is 1. The fourth-order valence-electron chi connectivity index (χ4n) is 2.94. The zero-order chi connectivity index (χ0) is 20.9. The first-order valence-electron chi connectivity index (χ1n) is 8.89. The van der Waals surface area contributed by atoms with Crippen molar-refractivity contribution in [1.82, 2.24) is 4.31 Å². The Balaban J connectivity index is 2.08. The van der Waals surface area contributed by atoms with E-state index in [9.17, 15) is 18.3 Å². The van der Waals surface area contributed by atoms with Gasteiger partial charge in [0.1, 0.15) is 10.6 Å². The van der Waals surface area contributed by atoms with Gasteiger partial charge in [-0.3, -0.25) is 0 Å². The number of rotatable bonds is 8. The molecule has 3 aromatic rings. The molecular formula is C22H20NO5S-. The van der Waals surface area contributed by atoms with Crippen LogP contribution in [0.25, 0.3) is 0 Å². The first-order valence-corrected chi connectivity index (χ1v) is 10.3. The van der Waals surface area contributed by atoms with Crippen LogP contribution in [-0.4, -0.2) is 25.8 Å². The van der Waals surface area contributed by atoms with Gasteiger partial charge in [0.05, 0.1) is 13.1 Å². The maximum absolute atomic E-state index is 13.5. The smallest absolute Gasteiger partial charge is 0.247 e. The van der Waals surface area contributed by atoms with Gasteiger partial charge in [-0.2, -0.15) is 4.31 Å². The van der Waals surface area contributed by atoms with E-state index in [1.165, 1.54) is 23.5 Å². The van der Waals surface area contributed by atoms with Gasteiger partial charge in [-0.25, -0.2) is 8.42 Å². The number of benzene rings is 3. The summed E-state index contributed by atoms with van der Waals surface area (Å²) in [5.74, 6) is -1.39. The molecule has 0 amide bonds. The molecule has 0 unspecified atom stereocenters. The van der Waals surface area contributed by atoms with Crippen molar-refractivity contribution in [3.8, 4) is 5.75 Å². The van der Waals surface area contributed by atoms with E-state index in [4.69, 9.17) is 4.74 Å². The summed E-state index contributed by atoms with van der Waals surface area (Å²) in [5, 5.41) is 11.3. The first-order chi connectivity index (χ1) is 13.9. The highest BCUT2D eigenvalue weighted by Gasteiger charge is 2.28. The van der Waals surface area contributed by atoms with E-state index in [1.54, 1.807) is 0 Å². The zero-order valence-corrected chi connectivity index (χ0v) is 16.6. The summed E-state index contributed by atoms with van der Waals surface area (Å²) in [4.78, 5) is 11.1. The summed E-state index contributed by atoms with van der Waals surface area (Å²) in [6.07, 6.45) is 0. The number of nitrogens with zero attached hydrogens (tertiary/aromatic N) is 1. The van der Waals surface area contributed by atoms with E-state index in [0.717, 1.165) is 17.2 Å². The monoisotopic (exact) mass is 410 g/mol. The van der Waals surface area contributed by atoms with Crippen molar-refractivity contribution < 1.29 is 23.1 Å². The average molecular weight is 410 g/mol. The maximum Gasteiger partial charge on any atom is 0.247 e. The molecule has 150 valence electrons. The summed E-state index contributed by atoms with van der Waals surface area (Å²) >= 11 is 0. The van der Waals surface area contributed by atoms with Crippen molar-refractivity contribution in [2.45, 2.75) is 18.0 Å². The van der Waals surface area contributed by atoms with Gasteiger partial charge in [0, 0.05) is 13.1 Å². The molecule has 29 heavy (non-hydrogen) atoms. The number of carboxylic acids is 1.